The van der Waals surface area contributed by atoms with Crippen LogP contribution in [0.5, 0.6) is 0 Å². The van der Waals surface area contributed by atoms with E-state index in [0.29, 0.717) is 38.9 Å². The SMILES string of the molecule is CN=C(NCCCOCCOC)NCCN(C)C(=O)OC(C)(C)C.I. The molecule has 0 aromatic heterocycles. The standard InChI is InChI=1S/C16H34N4O4.HI/c1-16(2,3)24-15(21)20(5)10-9-19-14(17-4)18-8-7-11-23-13-12-22-6;/h7-13H2,1-6H3,(H2,17,18,19);1H. The maximum Gasteiger partial charge on any atom is 0.410 e. The quantitative estimate of drug-likeness (QED) is 0.217. The van der Waals surface area contributed by atoms with Gasteiger partial charge in [-0.25, -0.2) is 4.79 Å². The van der Waals surface area contributed by atoms with Crippen molar-refractivity contribution in [1.82, 2.24) is 15.5 Å². The first-order valence-electron chi connectivity index (χ1n) is 8.25. The zero-order valence-corrected chi connectivity index (χ0v) is 18.7. The Morgan fingerprint density at radius 1 is 1.12 bits per heavy atom. The third-order valence-corrected chi connectivity index (χ3v) is 2.86. The second-order valence-electron chi connectivity index (χ2n) is 6.29. The molecule has 0 fully saturated rings. The predicted octanol–water partition coefficient (Wildman–Crippen LogP) is 1.69. The first-order valence-corrected chi connectivity index (χ1v) is 8.25. The number of hydrogen-bond donors (Lipinski definition) is 2. The zero-order valence-electron chi connectivity index (χ0n) is 16.4. The molecule has 0 aromatic rings. The van der Waals surface area contributed by atoms with Crippen molar-refractivity contribution in [2.45, 2.75) is 32.8 Å². The summed E-state index contributed by atoms with van der Waals surface area (Å²) in [6, 6.07) is 0. The van der Waals surface area contributed by atoms with Crippen molar-refractivity contribution in [3.63, 3.8) is 0 Å². The minimum absolute atomic E-state index is 0. The Labute approximate surface area is 169 Å². The number of methoxy groups -OCH3 is 1. The number of amides is 1. The van der Waals surface area contributed by atoms with Crippen LogP contribution in [0.25, 0.3) is 0 Å². The van der Waals surface area contributed by atoms with E-state index >= 15 is 0 Å². The summed E-state index contributed by atoms with van der Waals surface area (Å²) in [5.74, 6) is 0.699. The topological polar surface area (TPSA) is 84.4 Å². The monoisotopic (exact) mass is 474 g/mol. The van der Waals surface area contributed by atoms with E-state index < -0.39 is 5.60 Å². The highest BCUT2D eigenvalue weighted by Crippen LogP contribution is 2.08. The second kappa shape index (κ2) is 15.4. The number of rotatable bonds is 10. The fraction of sp³-hybridized carbons (Fsp3) is 0.875. The van der Waals surface area contributed by atoms with Gasteiger partial charge in [-0.1, -0.05) is 0 Å². The maximum atomic E-state index is 11.8. The van der Waals surface area contributed by atoms with Crippen molar-refractivity contribution < 1.29 is 19.0 Å². The summed E-state index contributed by atoms with van der Waals surface area (Å²) in [7, 11) is 5.08. The van der Waals surface area contributed by atoms with Crippen molar-refractivity contribution >= 4 is 36.0 Å². The number of nitrogens with one attached hydrogen (secondary N) is 2. The molecule has 0 bridgehead atoms. The number of nitrogens with zero attached hydrogens (tertiary/aromatic N) is 2. The first-order chi connectivity index (χ1) is 11.3. The number of hydrogen-bond acceptors (Lipinski definition) is 5. The van der Waals surface area contributed by atoms with Crippen LogP contribution in [0.3, 0.4) is 0 Å². The molecule has 0 aliphatic rings. The van der Waals surface area contributed by atoms with Gasteiger partial charge in [0.25, 0.3) is 0 Å². The molecule has 0 saturated carbocycles. The molecular weight excluding hydrogens is 439 g/mol. The molecule has 8 nitrogen and oxygen atoms in total. The fourth-order valence-electron chi connectivity index (χ4n) is 1.62. The smallest absolute Gasteiger partial charge is 0.410 e. The molecule has 0 unspecified atom stereocenters. The van der Waals surface area contributed by atoms with Crippen LogP contribution in [-0.2, 0) is 14.2 Å². The molecule has 0 aliphatic heterocycles. The van der Waals surface area contributed by atoms with Crippen LogP contribution in [0.15, 0.2) is 4.99 Å². The van der Waals surface area contributed by atoms with E-state index in [0.717, 1.165) is 13.0 Å². The molecule has 25 heavy (non-hydrogen) atoms. The lowest BCUT2D eigenvalue weighted by atomic mass is 10.2. The van der Waals surface area contributed by atoms with Gasteiger partial charge in [-0.3, -0.25) is 4.99 Å². The molecule has 2 N–H and O–H groups in total. The third-order valence-electron chi connectivity index (χ3n) is 2.86. The molecule has 0 radical (unpaired) electrons. The molecule has 0 heterocycles. The molecule has 0 rings (SSSR count). The molecule has 0 aliphatic carbocycles. The van der Waals surface area contributed by atoms with E-state index in [1.807, 2.05) is 20.8 Å². The number of likely N-dealkylation sites (N-methyl/N-ethyl adjacent to an activating group) is 1. The van der Waals surface area contributed by atoms with Gasteiger partial charge in [0.2, 0.25) is 0 Å². The van der Waals surface area contributed by atoms with Crippen LogP contribution in [0, 0.1) is 0 Å². The second-order valence-corrected chi connectivity index (χ2v) is 6.29. The van der Waals surface area contributed by atoms with Crippen LogP contribution in [0.2, 0.25) is 0 Å². The zero-order chi connectivity index (χ0) is 18.4. The molecule has 0 spiro atoms. The normalized spacial score (nSPS) is 11.5. The van der Waals surface area contributed by atoms with Gasteiger partial charge < -0.3 is 29.7 Å². The van der Waals surface area contributed by atoms with Gasteiger partial charge in [-0.15, -0.1) is 24.0 Å². The Morgan fingerprint density at radius 3 is 2.32 bits per heavy atom. The molecule has 150 valence electrons. The van der Waals surface area contributed by atoms with E-state index in [4.69, 9.17) is 14.2 Å². The Bertz CT molecular complexity index is 376. The minimum atomic E-state index is -0.484. The lowest BCUT2D eigenvalue weighted by Gasteiger charge is -2.24. The number of guanidine groups is 1. The van der Waals surface area contributed by atoms with E-state index in [-0.39, 0.29) is 30.1 Å². The summed E-state index contributed by atoms with van der Waals surface area (Å²) in [6.07, 6.45) is 0.544. The Kier molecular flexibility index (Phi) is 16.3. The maximum absolute atomic E-state index is 11.8. The number of carbonyl (C=O) groups excluding carboxylic acids is 1. The number of halogens is 1. The highest BCUT2D eigenvalue weighted by Gasteiger charge is 2.19. The van der Waals surface area contributed by atoms with Crippen LogP contribution in [0.1, 0.15) is 27.2 Å². The van der Waals surface area contributed by atoms with Gasteiger partial charge in [0.15, 0.2) is 5.96 Å². The van der Waals surface area contributed by atoms with Crippen LogP contribution < -0.4 is 10.6 Å². The van der Waals surface area contributed by atoms with Crippen molar-refractivity contribution in [3.8, 4) is 0 Å². The average molecular weight is 474 g/mol. The van der Waals surface area contributed by atoms with Crippen LogP contribution >= 0.6 is 24.0 Å². The summed E-state index contributed by atoms with van der Waals surface area (Å²) in [5, 5.41) is 6.35. The lowest BCUT2D eigenvalue weighted by molar-refractivity contribution is 0.0302. The number of carbonyl (C=O) groups is 1. The largest absolute Gasteiger partial charge is 0.444 e. The molecule has 0 atom stereocenters. The Morgan fingerprint density at radius 2 is 1.76 bits per heavy atom. The van der Waals surface area contributed by atoms with E-state index in [1.54, 1.807) is 21.2 Å². The predicted molar refractivity (Wildman–Crippen MR) is 111 cm³/mol. The lowest BCUT2D eigenvalue weighted by Crippen LogP contribution is -2.43. The molecule has 1 amide bonds. The third kappa shape index (κ3) is 16.4. The molecule has 9 heteroatoms. The van der Waals surface area contributed by atoms with Gasteiger partial charge in [0.05, 0.1) is 13.2 Å². The van der Waals surface area contributed by atoms with Crippen molar-refractivity contribution in [1.29, 1.82) is 0 Å². The van der Waals surface area contributed by atoms with Gasteiger partial charge in [-0.2, -0.15) is 0 Å². The van der Waals surface area contributed by atoms with Crippen molar-refractivity contribution in [2.75, 3.05) is 60.7 Å². The highest BCUT2D eigenvalue weighted by molar-refractivity contribution is 14.0. The summed E-state index contributed by atoms with van der Waals surface area (Å²) < 4.78 is 15.6. The van der Waals surface area contributed by atoms with E-state index in [2.05, 4.69) is 15.6 Å². The molecule has 0 aromatic carbocycles. The number of aliphatic imine (C=N–C) groups is 1. The number of ether oxygens (including phenoxy) is 3. The van der Waals surface area contributed by atoms with Gasteiger partial charge in [0.1, 0.15) is 5.60 Å². The van der Waals surface area contributed by atoms with Crippen LogP contribution in [-0.4, -0.2) is 83.2 Å². The summed E-state index contributed by atoms with van der Waals surface area (Å²) in [6.45, 7) is 9.31. The summed E-state index contributed by atoms with van der Waals surface area (Å²) in [4.78, 5) is 17.5. The summed E-state index contributed by atoms with van der Waals surface area (Å²) >= 11 is 0. The van der Waals surface area contributed by atoms with E-state index in [1.165, 1.54) is 4.90 Å². The highest BCUT2D eigenvalue weighted by atomic mass is 127. The van der Waals surface area contributed by atoms with Crippen LogP contribution in [0.4, 0.5) is 4.79 Å². The Hall–Kier alpha value is -0.810. The fourth-order valence-corrected chi connectivity index (χ4v) is 1.62. The van der Waals surface area contributed by atoms with Gasteiger partial charge in [0, 0.05) is 47.4 Å². The van der Waals surface area contributed by atoms with Crippen molar-refractivity contribution in [2.24, 2.45) is 4.99 Å². The Balaban J connectivity index is 0. The summed E-state index contributed by atoms with van der Waals surface area (Å²) in [5.41, 5.74) is -0.484. The van der Waals surface area contributed by atoms with E-state index in [9.17, 15) is 4.79 Å². The minimum Gasteiger partial charge on any atom is -0.444 e. The molecular formula is C16H35IN4O4. The van der Waals surface area contributed by atoms with Crippen molar-refractivity contribution in [3.05, 3.63) is 0 Å². The average Bonchev–Trinajstić information content (AvgIpc) is 2.50. The van der Waals surface area contributed by atoms with Gasteiger partial charge in [-0.05, 0) is 27.2 Å². The first kappa shape index (κ1) is 26.4. The molecule has 0 saturated heterocycles. The van der Waals surface area contributed by atoms with Gasteiger partial charge >= 0.3 is 6.09 Å².